The summed E-state index contributed by atoms with van der Waals surface area (Å²) in [5, 5.41) is 3.40. The average Bonchev–Trinajstić information content (AvgIpc) is 2.74. The molecular formula is C21H26BrN3O3. The second-order valence-electron chi connectivity index (χ2n) is 6.45. The Morgan fingerprint density at radius 2 is 1.61 bits per heavy atom. The van der Waals surface area contributed by atoms with Crippen molar-refractivity contribution in [2.24, 2.45) is 4.99 Å². The van der Waals surface area contributed by atoms with Crippen molar-refractivity contribution in [2.45, 2.75) is 6.42 Å². The number of hydrogen-bond acceptors (Lipinski definition) is 5. The molecule has 0 saturated carbocycles. The number of piperazine rings is 1. The maximum absolute atomic E-state index is 5.50. The van der Waals surface area contributed by atoms with Crippen LogP contribution in [0.2, 0.25) is 0 Å². The van der Waals surface area contributed by atoms with E-state index in [9.17, 15) is 0 Å². The van der Waals surface area contributed by atoms with E-state index < -0.39 is 0 Å². The summed E-state index contributed by atoms with van der Waals surface area (Å²) in [6.07, 6.45) is 0.673. The minimum absolute atomic E-state index is 0.599. The summed E-state index contributed by atoms with van der Waals surface area (Å²) in [7, 11) is 4.88. The lowest BCUT2D eigenvalue weighted by Gasteiger charge is -2.30. The van der Waals surface area contributed by atoms with E-state index in [0.717, 1.165) is 47.7 Å². The second kappa shape index (κ2) is 9.80. The standard InChI is InChI=1S/C21H26BrN3O3/c1-26-18-12-15(13-19(27-2)21(18)28-3)14-20(25-10-8-23-9-11-25)24-17-6-4-16(22)5-7-17/h4-7,12-13,23H,8-11,14H2,1-3H3. The van der Waals surface area contributed by atoms with Crippen LogP contribution in [-0.2, 0) is 6.42 Å². The number of rotatable bonds is 6. The lowest BCUT2D eigenvalue weighted by Crippen LogP contribution is -2.47. The predicted octanol–water partition coefficient (Wildman–Crippen LogP) is 3.65. The summed E-state index contributed by atoms with van der Waals surface area (Å²) in [6, 6.07) is 12.0. The Hall–Kier alpha value is -2.25. The van der Waals surface area contributed by atoms with Crippen LogP contribution >= 0.6 is 15.9 Å². The van der Waals surface area contributed by atoms with Crippen LogP contribution in [0.25, 0.3) is 0 Å². The molecular weight excluding hydrogens is 422 g/mol. The molecule has 0 spiro atoms. The van der Waals surface area contributed by atoms with E-state index in [1.807, 2.05) is 36.4 Å². The van der Waals surface area contributed by atoms with Crippen molar-refractivity contribution in [2.75, 3.05) is 47.5 Å². The zero-order valence-electron chi connectivity index (χ0n) is 16.5. The Kier molecular flexibility index (Phi) is 7.17. The Morgan fingerprint density at radius 1 is 1.00 bits per heavy atom. The van der Waals surface area contributed by atoms with Gasteiger partial charge in [-0.15, -0.1) is 0 Å². The molecule has 0 radical (unpaired) electrons. The lowest BCUT2D eigenvalue weighted by molar-refractivity contribution is 0.323. The summed E-state index contributed by atoms with van der Waals surface area (Å²) in [4.78, 5) is 7.29. The fourth-order valence-corrected chi connectivity index (χ4v) is 3.49. The van der Waals surface area contributed by atoms with E-state index in [1.54, 1.807) is 21.3 Å². The van der Waals surface area contributed by atoms with Gasteiger partial charge in [0.1, 0.15) is 5.84 Å². The maximum Gasteiger partial charge on any atom is 0.203 e. The van der Waals surface area contributed by atoms with Gasteiger partial charge >= 0.3 is 0 Å². The van der Waals surface area contributed by atoms with Crippen molar-refractivity contribution in [3.05, 3.63) is 46.4 Å². The molecule has 1 aliphatic heterocycles. The van der Waals surface area contributed by atoms with E-state index in [-0.39, 0.29) is 0 Å². The summed E-state index contributed by atoms with van der Waals surface area (Å²) in [6.45, 7) is 3.77. The summed E-state index contributed by atoms with van der Waals surface area (Å²) < 4.78 is 17.5. The van der Waals surface area contributed by atoms with Gasteiger partial charge in [0.15, 0.2) is 11.5 Å². The molecule has 2 aromatic carbocycles. The molecule has 0 amide bonds. The summed E-state index contributed by atoms with van der Waals surface area (Å²) in [5.74, 6) is 2.93. The first-order chi connectivity index (χ1) is 13.6. The number of nitrogens with one attached hydrogen (secondary N) is 1. The minimum atomic E-state index is 0.599. The van der Waals surface area contributed by atoms with E-state index in [4.69, 9.17) is 19.2 Å². The SMILES string of the molecule is COc1cc(CC(=Nc2ccc(Br)cc2)N2CCNCC2)cc(OC)c1OC. The second-order valence-corrected chi connectivity index (χ2v) is 7.37. The fraction of sp³-hybridized carbons (Fsp3) is 0.381. The lowest BCUT2D eigenvalue weighted by atomic mass is 10.1. The Balaban J connectivity index is 1.96. The largest absolute Gasteiger partial charge is 0.493 e. The number of methoxy groups -OCH3 is 3. The number of aliphatic imine (C=N–C) groups is 1. The van der Waals surface area contributed by atoms with Crippen LogP contribution in [0.5, 0.6) is 17.2 Å². The Bertz CT molecular complexity index is 793. The molecule has 1 aliphatic rings. The van der Waals surface area contributed by atoms with Crippen LogP contribution in [0.15, 0.2) is 45.9 Å². The fourth-order valence-electron chi connectivity index (χ4n) is 3.23. The first-order valence-corrected chi connectivity index (χ1v) is 10.0. The zero-order valence-corrected chi connectivity index (χ0v) is 18.1. The highest BCUT2D eigenvalue weighted by Gasteiger charge is 2.18. The highest BCUT2D eigenvalue weighted by molar-refractivity contribution is 9.10. The van der Waals surface area contributed by atoms with E-state index in [2.05, 4.69) is 26.1 Å². The molecule has 1 N–H and O–H groups in total. The summed E-state index contributed by atoms with van der Waals surface area (Å²) >= 11 is 3.48. The number of hydrogen-bond donors (Lipinski definition) is 1. The molecule has 6 nitrogen and oxygen atoms in total. The maximum atomic E-state index is 5.50. The van der Waals surface area contributed by atoms with Crippen LogP contribution in [0.1, 0.15) is 5.56 Å². The van der Waals surface area contributed by atoms with E-state index in [1.165, 1.54) is 0 Å². The van der Waals surface area contributed by atoms with Gasteiger partial charge < -0.3 is 24.4 Å². The molecule has 1 saturated heterocycles. The van der Waals surface area contributed by atoms with Gasteiger partial charge in [-0.1, -0.05) is 15.9 Å². The molecule has 2 aromatic rings. The van der Waals surface area contributed by atoms with Crippen molar-refractivity contribution >= 4 is 27.5 Å². The van der Waals surface area contributed by atoms with Crippen molar-refractivity contribution in [3.8, 4) is 17.2 Å². The summed E-state index contributed by atoms with van der Waals surface area (Å²) in [5.41, 5.74) is 1.99. The van der Waals surface area contributed by atoms with Gasteiger partial charge in [-0.3, -0.25) is 0 Å². The van der Waals surface area contributed by atoms with Gasteiger partial charge in [-0.05, 0) is 42.0 Å². The minimum Gasteiger partial charge on any atom is -0.493 e. The monoisotopic (exact) mass is 447 g/mol. The van der Waals surface area contributed by atoms with Crippen LogP contribution in [0.4, 0.5) is 5.69 Å². The van der Waals surface area contributed by atoms with Crippen LogP contribution in [-0.4, -0.2) is 58.2 Å². The third kappa shape index (κ3) is 4.97. The van der Waals surface area contributed by atoms with Crippen LogP contribution in [0, 0.1) is 0 Å². The predicted molar refractivity (Wildman–Crippen MR) is 115 cm³/mol. The Labute approximate surface area is 174 Å². The number of nitrogens with zero attached hydrogens (tertiary/aromatic N) is 2. The van der Waals surface area contributed by atoms with Gasteiger partial charge in [0.2, 0.25) is 5.75 Å². The smallest absolute Gasteiger partial charge is 0.203 e. The number of ether oxygens (including phenoxy) is 3. The number of amidine groups is 1. The first-order valence-electron chi connectivity index (χ1n) is 9.22. The van der Waals surface area contributed by atoms with Crippen LogP contribution < -0.4 is 19.5 Å². The van der Waals surface area contributed by atoms with Crippen molar-refractivity contribution in [1.29, 1.82) is 0 Å². The molecule has 0 atom stereocenters. The quantitative estimate of drug-likeness (QED) is 0.540. The Morgan fingerprint density at radius 3 is 2.14 bits per heavy atom. The molecule has 0 aromatic heterocycles. The third-order valence-electron chi connectivity index (χ3n) is 4.65. The van der Waals surface area contributed by atoms with E-state index in [0.29, 0.717) is 23.7 Å². The van der Waals surface area contributed by atoms with Gasteiger partial charge in [0.05, 0.1) is 27.0 Å². The molecule has 1 fully saturated rings. The molecule has 0 unspecified atom stereocenters. The highest BCUT2D eigenvalue weighted by atomic mass is 79.9. The van der Waals surface area contributed by atoms with Gasteiger partial charge in [-0.2, -0.15) is 0 Å². The van der Waals surface area contributed by atoms with Crippen molar-refractivity contribution < 1.29 is 14.2 Å². The third-order valence-corrected chi connectivity index (χ3v) is 5.18. The van der Waals surface area contributed by atoms with Crippen LogP contribution in [0.3, 0.4) is 0 Å². The van der Waals surface area contributed by atoms with Gasteiger partial charge in [0, 0.05) is 37.1 Å². The van der Waals surface area contributed by atoms with Crippen molar-refractivity contribution in [1.82, 2.24) is 10.2 Å². The first kappa shape index (κ1) is 20.5. The molecule has 0 bridgehead atoms. The number of halogens is 1. The van der Waals surface area contributed by atoms with Gasteiger partial charge in [0.25, 0.3) is 0 Å². The zero-order chi connectivity index (χ0) is 19.9. The van der Waals surface area contributed by atoms with Crippen molar-refractivity contribution in [3.63, 3.8) is 0 Å². The topological polar surface area (TPSA) is 55.3 Å². The normalized spacial score (nSPS) is 14.7. The molecule has 150 valence electrons. The van der Waals surface area contributed by atoms with Gasteiger partial charge in [-0.25, -0.2) is 4.99 Å². The molecule has 1 heterocycles. The molecule has 7 heteroatoms. The molecule has 0 aliphatic carbocycles. The highest BCUT2D eigenvalue weighted by Crippen LogP contribution is 2.38. The molecule has 3 rings (SSSR count). The molecule has 28 heavy (non-hydrogen) atoms. The number of benzene rings is 2. The average molecular weight is 448 g/mol. The van der Waals surface area contributed by atoms with E-state index >= 15 is 0 Å².